The fourth-order valence-electron chi connectivity index (χ4n) is 2.85. The normalized spacial score (nSPS) is 16.6. The van der Waals surface area contributed by atoms with Gasteiger partial charge in [0, 0.05) is 32.2 Å². The lowest BCUT2D eigenvalue weighted by molar-refractivity contribution is -0.00834. The van der Waals surface area contributed by atoms with E-state index in [9.17, 15) is 0 Å². The van der Waals surface area contributed by atoms with Crippen molar-refractivity contribution < 1.29 is 9.47 Å². The summed E-state index contributed by atoms with van der Waals surface area (Å²) in [6, 6.07) is 8.05. The maximum Gasteiger partial charge on any atom is 0.191 e. The molecule has 25 heavy (non-hydrogen) atoms. The van der Waals surface area contributed by atoms with Crippen LogP contribution in [0.3, 0.4) is 0 Å². The molecule has 0 atom stereocenters. The summed E-state index contributed by atoms with van der Waals surface area (Å²) in [5.41, 5.74) is 1.20. The zero-order chi connectivity index (χ0) is 18.1. The molecule has 1 heterocycles. The molecule has 2 N–H and O–H groups in total. The van der Waals surface area contributed by atoms with Crippen LogP contribution in [0.1, 0.15) is 19.4 Å². The highest BCUT2D eigenvalue weighted by Gasteiger charge is 2.28. The lowest BCUT2D eigenvalue weighted by Crippen LogP contribution is -2.56. The molecule has 0 unspecified atom stereocenters. The molecule has 1 fully saturated rings. The monoisotopic (exact) mass is 348 g/mol. The lowest BCUT2D eigenvalue weighted by atomic mass is 10.0. The predicted molar refractivity (Wildman–Crippen MR) is 103 cm³/mol. The quantitative estimate of drug-likeness (QED) is 0.446. The molecule has 1 aliphatic rings. The highest BCUT2D eigenvalue weighted by atomic mass is 16.5. The van der Waals surface area contributed by atoms with Gasteiger partial charge < -0.3 is 20.1 Å². The maximum absolute atomic E-state index is 5.80. The van der Waals surface area contributed by atoms with E-state index in [1.165, 1.54) is 0 Å². The van der Waals surface area contributed by atoms with Crippen LogP contribution in [0.25, 0.3) is 0 Å². The minimum Gasteiger partial charge on any atom is -0.491 e. The second kappa shape index (κ2) is 9.63. The van der Waals surface area contributed by atoms with Gasteiger partial charge >= 0.3 is 0 Å². The number of para-hydroxylation sites is 1. The van der Waals surface area contributed by atoms with E-state index in [1.807, 2.05) is 18.2 Å². The molecule has 0 bridgehead atoms. The largest absolute Gasteiger partial charge is 0.491 e. The van der Waals surface area contributed by atoms with Gasteiger partial charge in [0.15, 0.2) is 5.96 Å². The van der Waals surface area contributed by atoms with Gasteiger partial charge in [-0.15, -0.1) is 0 Å². The minimum absolute atomic E-state index is 0.0546. The number of ether oxygens (including phenoxy) is 2. The number of guanidine groups is 1. The zero-order valence-electron chi connectivity index (χ0n) is 16.0. The number of hydrogen-bond acceptors (Lipinski definition) is 4. The summed E-state index contributed by atoms with van der Waals surface area (Å²) < 4.78 is 11.2. The Hall–Kier alpha value is -1.79. The van der Waals surface area contributed by atoms with E-state index in [2.05, 4.69) is 47.4 Å². The standard InChI is InChI=1S/C19H32N4O2/c1-16-7-5-6-8-17(16)25-12-9-21-18(20-4)22-15-19(2,3)23-10-13-24-14-11-23/h5-8H,9-15H2,1-4H3,(H2,20,21,22). The van der Waals surface area contributed by atoms with Crippen molar-refractivity contribution in [2.45, 2.75) is 26.3 Å². The van der Waals surface area contributed by atoms with Gasteiger partial charge in [-0.25, -0.2) is 0 Å². The molecule has 0 saturated carbocycles. The van der Waals surface area contributed by atoms with Crippen molar-refractivity contribution in [1.29, 1.82) is 0 Å². The Morgan fingerprint density at radius 3 is 2.64 bits per heavy atom. The highest BCUT2D eigenvalue weighted by Crippen LogP contribution is 2.16. The summed E-state index contributed by atoms with van der Waals surface area (Å²) in [5, 5.41) is 6.72. The molecule has 1 aromatic carbocycles. The van der Waals surface area contributed by atoms with E-state index >= 15 is 0 Å². The molecule has 1 saturated heterocycles. The Bertz CT molecular complexity index is 554. The highest BCUT2D eigenvalue weighted by molar-refractivity contribution is 5.79. The molecule has 0 spiro atoms. The van der Waals surface area contributed by atoms with E-state index < -0.39 is 0 Å². The zero-order valence-corrected chi connectivity index (χ0v) is 16.0. The first-order valence-corrected chi connectivity index (χ1v) is 8.99. The first-order valence-electron chi connectivity index (χ1n) is 8.99. The smallest absolute Gasteiger partial charge is 0.191 e. The first-order chi connectivity index (χ1) is 12.0. The van der Waals surface area contributed by atoms with Crippen LogP contribution in [0.2, 0.25) is 0 Å². The Morgan fingerprint density at radius 1 is 1.24 bits per heavy atom. The van der Waals surface area contributed by atoms with Crippen LogP contribution >= 0.6 is 0 Å². The van der Waals surface area contributed by atoms with E-state index in [0.29, 0.717) is 13.2 Å². The van der Waals surface area contributed by atoms with Gasteiger partial charge in [0.2, 0.25) is 0 Å². The summed E-state index contributed by atoms with van der Waals surface area (Å²) in [6.07, 6.45) is 0. The van der Waals surface area contributed by atoms with Gasteiger partial charge in [-0.3, -0.25) is 9.89 Å². The van der Waals surface area contributed by atoms with Crippen LogP contribution in [-0.4, -0.2) is 69.4 Å². The van der Waals surface area contributed by atoms with Crippen LogP contribution < -0.4 is 15.4 Å². The average Bonchev–Trinajstić information content (AvgIpc) is 2.63. The molecule has 140 valence electrons. The van der Waals surface area contributed by atoms with Crippen LogP contribution in [0.15, 0.2) is 29.3 Å². The molecular formula is C19H32N4O2. The van der Waals surface area contributed by atoms with Crippen molar-refractivity contribution in [1.82, 2.24) is 15.5 Å². The van der Waals surface area contributed by atoms with Crippen molar-refractivity contribution in [2.24, 2.45) is 4.99 Å². The van der Waals surface area contributed by atoms with Crippen molar-refractivity contribution >= 4 is 5.96 Å². The molecule has 0 aromatic heterocycles. The lowest BCUT2D eigenvalue weighted by Gasteiger charge is -2.41. The third kappa shape index (κ3) is 6.21. The van der Waals surface area contributed by atoms with Gasteiger partial charge in [-0.1, -0.05) is 18.2 Å². The predicted octanol–water partition coefficient (Wildman–Crippen LogP) is 1.65. The molecular weight excluding hydrogens is 316 g/mol. The van der Waals surface area contributed by atoms with E-state index in [-0.39, 0.29) is 5.54 Å². The molecule has 0 radical (unpaired) electrons. The third-order valence-corrected chi connectivity index (χ3v) is 4.52. The van der Waals surface area contributed by atoms with Crippen molar-refractivity contribution in [3.05, 3.63) is 29.8 Å². The maximum atomic E-state index is 5.80. The minimum atomic E-state index is 0.0546. The van der Waals surface area contributed by atoms with Crippen LogP contribution in [0.4, 0.5) is 0 Å². The van der Waals surface area contributed by atoms with Crippen molar-refractivity contribution in [2.75, 3.05) is 53.0 Å². The van der Waals surface area contributed by atoms with E-state index in [4.69, 9.17) is 9.47 Å². The summed E-state index contributed by atoms with van der Waals surface area (Å²) in [5.74, 6) is 1.73. The van der Waals surface area contributed by atoms with Gasteiger partial charge in [0.1, 0.15) is 12.4 Å². The molecule has 2 rings (SSSR count). The third-order valence-electron chi connectivity index (χ3n) is 4.52. The Balaban J connectivity index is 1.70. The van der Waals surface area contributed by atoms with Crippen LogP contribution in [-0.2, 0) is 4.74 Å². The number of morpholine rings is 1. The number of nitrogens with zero attached hydrogens (tertiary/aromatic N) is 2. The Labute approximate surface area is 151 Å². The fraction of sp³-hybridized carbons (Fsp3) is 0.632. The Kier molecular flexibility index (Phi) is 7.52. The topological polar surface area (TPSA) is 58.1 Å². The summed E-state index contributed by atoms with van der Waals surface area (Å²) in [6.45, 7) is 12.3. The summed E-state index contributed by atoms with van der Waals surface area (Å²) >= 11 is 0. The van der Waals surface area contributed by atoms with Crippen LogP contribution in [0.5, 0.6) is 5.75 Å². The van der Waals surface area contributed by atoms with Gasteiger partial charge in [0.05, 0.1) is 19.8 Å². The SMILES string of the molecule is CN=C(NCCOc1ccccc1C)NCC(C)(C)N1CCOCC1. The van der Waals surface area contributed by atoms with Gasteiger partial charge in [0.25, 0.3) is 0 Å². The Morgan fingerprint density at radius 2 is 1.96 bits per heavy atom. The average molecular weight is 348 g/mol. The number of aliphatic imine (C=N–C) groups is 1. The molecule has 6 nitrogen and oxygen atoms in total. The van der Waals surface area contributed by atoms with E-state index in [1.54, 1.807) is 7.05 Å². The molecule has 1 aromatic rings. The summed E-state index contributed by atoms with van der Waals surface area (Å²) in [4.78, 5) is 6.75. The number of aryl methyl sites for hydroxylation is 1. The number of hydrogen-bond donors (Lipinski definition) is 2. The van der Waals surface area contributed by atoms with Crippen molar-refractivity contribution in [3.8, 4) is 5.75 Å². The second-order valence-corrected chi connectivity index (χ2v) is 6.88. The fourth-order valence-corrected chi connectivity index (χ4v) is 2.85. The van der Waals surface area contributed by atoms with Gasteiger partial charge in [-0.2, -0.15) is 0 Å². The molecule has 0 aliphatic carbocycles. The summed E-state index contributed by atoms with van der Waals surface area (Å²) in [7, 11) is 1.79. The van der Waals surface area contributed by atoms with Crippen molar-refractivity contribution in [3.63, 3.8) is 0 Å². The number of nitrogens with one attached hydrogen (secondary N) is 2. The van der Waals surface area contributed by atoms with Crippen LogP contribution in [0, 0.1) is 6.92 Å². The molecule has 1 aliphatic heterocycles. The second-order valence-electron chi connectivity index (χ2n) is 6.88. The number of rotatable bonds is 7. The van der Waals surface area contributed by atoms with E-state index in [0.717, 1.165) is 50.1 Å². The first kappa shape index (κ1) is 19.5. The molecule has 0 amide bonds. The molecule has 6 heteroatoms. The number of benzene rings is 1. The van der Waals surface area contributed by atoms with Gasteiger partial charge in [-0.05, 0) is 32.4 Å².